The van der Waals surface area contributed by atoms with Gasteiger partial charge in [-0.05, 0) is 12.8 Å². The van der Waals surface area contributed by atoms with E-state index in [2.05, 4.69) is 22.9 Å². The van der Waals surface area contributed by atoms with Gasteiger partial charge in [0.05, 0.1) is 6.61 Å². The maximum atomic E-state index is 11.4. The minimum absolute atomic E-state index is 0.0226. The standard InChI is InChI=1S/C21H41BrO2/c1-2-3-4-5-6-7-8-9-10-11-12-13-14-15-16-18-21(23)24-20-17-19-22/h2-20H2,1H3. The highest BCUT2D eigenvalue weighted by Crippen LogP contribution is 2.13. The molecule has 0 spiro atoms. The highest BCUT2D eigenvalue weighted by molar-refractivity contribution is 9.09. The molecular weight excluding hydrogens is 364 g/mol. The van der Waals surface area contributed by atoms with E-state index in [1.165, 1.54) is 89.9 Å². The van der Waals surface area contributed by atoms with Gasteiger partial charge >= 0.3 is 5.97 Å². The van der Waals surface area contributed by atoms with Crippen LogP contribution in [0.4, 0.5) is 0 Å². The van der Waals surface area contributed by atoms with Crippen LogP contribution in [-0.4, -0.2) is 17.9 Å². The van der Waals surface area contributed by atoms with Crippen molar-refractivity contribution in [2.24, 2.45) is 0 Å². The third kappa shape index (κ3) is 20.0. The molecule has 0 aromatic carbocycles. The molecule has 24 heavy (non-hydrogen) atoms. The Kier molecular flexibility index (Phi) is 20.9. The Balaban J connectivity index is 3.06. The monoisotopic (exact) mass is 404 g/mol. The predicted octanol–water partition coefficient (Wildman–Crippen LogP) is 7.58. The van der Waals surface area contributed by atoms with Gasteiger partial charge in [-0.1, -0.05) is 113 Å². The molecule has 144 valence electrons. The van der Waals surface area contributed by atoms with Crippen molar-refractivity contribution in [3.8, 4) is 0 Å². The highest BCUT2D eigenvalue weighted by atomic mass is 79.9. The van der Waals surface area contributed by atoms with Crippen molar-refractivity contribution in [1.82, 2.24) is 0 Å². The summed E-state index contributed by atoms with van der Waals surface area (Å²) in [6, 6.07) is 0. The molecule has 3 heteroatoms. The average Bonchev–Trinajstić information content (AvgIpc) is 2.58. The Hall–Kier alpha value is -0.0500. The van der Waals surface area contributed by atoms with E-state index in [0.29, 0.717) is 13.0 Å². The first-order chi connectivity index (χ1) is 11.8. The van der Waals surface area contributed by atoms with Crippen LogP contribution in [0.15, 0.2) is 0 Å². The number of unbranched alkanes of at least 4 members (excludes halogenated alkanes) is 14. The topological polar surface area (TPSA) is 26.3 Å². The number of hydrogen-bond acceptors (Lipinski definition) is 2. The van der Waals surface area contributed by atoms with Crippen molar-refractivity contribution >= 4 is 21.9 Å². The maximum Gasteiger partial charge on any atom is 0.305 e. The second kappa shape index (κ2) is 21.0. The highest BCUT2D eigenvalue weighted by Gasteiger charge is 2.02. The zero-order valence-corrected chi connectivity index (χ0v) is 17.7. The largest absolute Gasteiger partial charge is 0.466 e. The number of hydrogen-bond donors (Lipinski definition) is 0. The molecule has 0 rings (SSSR count). The number of esters is 1. The molecule has 0 aliphatic rings. The lowest BCUT2D eigenvalue weighted by molar-refractivity contribution is -0.143. The minimum Gasteiger partial charge on any atom is -0.466 e. The molecule has 2 nitrogen and oxygen atoms in total. The van der Waals surface area contributed by atoms with E-state index in [-0.39, 0.29) is 5.97 Å². The fourth-order valence-corrected chi connectivity index (χ4v) is 3.18. The SMILES string of the molecule is CCCCCCCCCCCCCCCCCC(=O)OCCCBr. The van der Waals surface area contributed by atoms with Gasteiger partial charge in [0.25, 0.3) is 0 Å². The normalized spacial score (nSPS) is 10.9. The number of halogens is 1. The van der Waals surface area contributed by atoms with Crippen molar-refractivity contribution in [3.63, 3.8) is 0 Å². The van der Waals surface area contributed by atoms with Crippen LogP contribution >= 0.6 is 15.9 Å². The molecule has 0 saturated carbocycles. The van der Waals surface area contributed by atoms with E-state index in [9.17, 15) is 4.79 Å². The summed E-state index contributed by atoms with van der Waals surface area (Å²) in [7, 11) is 0. The van der Waals surface area contributed by atoms with Gasteiger partial charge in [0, 0.05) is 11.8 Å². The van der Waals surface area contributed by atoms with E-state index in [1.54, 1.807) is 0 Å². The van der Waals surface area contributed by atoms with Crippen LogP contribution in [0.5, 0.6) is 0 Å². The van der Waals surface area contributed by atoms with Gasteiger partial charge in [-0.25, -0.2) is 0 Å². The molecule has 0 unspecified atom stereocenters. The summed E-state index contributed by atoms with van der Waals surface area (Å²) in [5, 5.41) is 0.902. The smallest absolute Gasteiger partial charge is 0.305 e. The molecule has 0 aliphatic carbocycles. The van der Waals surface area contributed by atoms with E-state index in [0.717, 1.165) is 18.2 Å². The molecule has 0 fully saturated rings. The lowest BCUT2D eigenvalue weighted by Crippen LogP contribution is -2.05. The van der Waals surface area contributed by atoms with Crippen LogP contribution < -0.4 is 0 Å². The van der Waals surface area contributed by atoms with Crippen LogP contribution in [0, 0.1) is 0 Å². The Morgan fingerprint density at radius 3 is 1.50 bits per heavy atom. The zero-order chi connectivity index (χ0) is 17.7. The molecule has 0 amide bonds. The summed E-state index contributed by atoms with van der Waals surface area (Å²) in [5.41, 5.74) is 0. The zero-order valence-electron chi connectivity index (χ0n) is 16.1. The molecule has 0 saturated heterocycles. The van der Waals surface area contributed by atoms with E-state index in [4.69, 9.17) is 4.74 Å². The number of carbonyl (C=O) groups excluding carboxylic acids is 1. The van der Waals surface area contributed by atoms with Crippen LogP contribution in [0.1, 0.15) is 116 Å². The second-order valence-corrected chi connectivity index (χ2v) is 7.76. The van der Waals surface area contributed by atoms with Gasteiger partial charge in [-0.3, -0.25) is 4.79 Å². The van der Waals surface area contributed by atoms with E-state index in [1.807, 2.05) is 0 Å². The van der Waals surface area contributed by atoms with Gasteiger partial charge in [0.1, 0.15) is 0 Å². The third-order valence-corrected chi connectivity index (χ3v) is 5.09. The molecule has 0 radical (unpaired) electrons. The van der Waals surface area contributed by atoms with Gasteiger partial charge < -0.3 is 4.74 Å². The number of ether oxygens (including phenoxy) is 1. The fraction of sp³-hybridized carbons (Fsp3) is 0.952. The quantitative estimate of drug-likeness (QED) is 0.126. The van der Waals surface area contributed by atoms with Crippen molar-refractivity contribution in [1.29, 1.82) is 0 Å². The molecule has 0 bridgehead atoms. The predicted molar refractivity (Wildman–Crippen MR) is 109 cm³/mol. The summed E-state index contributed by atoms with van der Waals surface area (Å²) >= 11 is 3.33. The first-order valence-electron chi connectivity index (χ1n) is 10.5. The molecule has 0 aromatic rings. The van der Waals surface area contributed by atoms with Crippen LogP contribution in [-0.2, 0) is 9.53 Å². The maximum absolute atomic E-state index is 11.4. The molecule has 0 aromatic heterocycles. The molecular formula is C21H41BrO2. The average molecular weight is 405 g/mol. The summed E-state index contributed by atoms with van der Waals surface area (Å²) in [4.78, 5) is 11.4. The van der Waals surface area contributed by atoms with Gasteiger partial charge in [0.15, 0.2) is 0 Å². The Morgan fingerprint density at radius 1 is 0.667 bits per heavy atom. The summed E-state index contributed by atoms with van der Waals surface area (Å²) in [6.07, 6.45) is 21.8. The summed E-state index contributed by atoms with van der Waals surface area (Å²) in [6.45, 7) is 2.84. The Labute approximate surface area is 159 Å². The minimum atomic E-state index is -0.0226. The molecule has 0 heterocycles. The fourth-order valence-electron chi connectivity index (χ4n) is 2.95. The van der Waals surface area contributed by atoms with Crippen LogP contribution in [0.3, 0.4) is 0 Å². The van der Waals surface area contributed by atoms with Crippen LogP contribution in [0.2, 0.25) is 0 Å². The summed E-state index contributed by atoms with van der Waals surface area (Å²) < 4.78 is 5.13. The number of carbonyl (C=O) groups is 1. The Bertz CT molecular complexity index is 256. The van der Waals surface area contributed by atoms with Crippen LogP contribution in [0.25, 0.3) is 0 Å². The molecule has 0 aliphatic heterocycles. The second-order valence-electron chi connectivity index (χ2n) is 6.96. The van der Waals surface area contributed by atoms with Crippen molar-refractivity contribution in [2.75, 3.05) is 11.9 Å². The number of rotatable bonds is 19. The lowest BCUT2D eigenvalue weighted by Gasteiger charge is -2.04. The van der Waals surface area contributed by atoms with Gasteiger partial charge in [-0.15, -0.1) is 0 Å². The first-order valence-corrected chi connectivity index (χ1v) is 11.6. The summed E-state index contributed by atoms with van der Waals surface area (Å²) in [5.74, 6) is -0.0226. The van der Waals surface area contributed by atoms with Crippen molar-refractivity contribution in [2.45, 2.75) is 116 Å². The third-order valence-electron chi connectivity index (χ3n) is 4.53. The Morgan fingerprint density at radius 2 is 1.08 bits per heavy atom. The van der Waals surface area contributed by atoms with Crippen molar-refractivity contribution in [3.05, 3.63) is 0 Å². The van der Waals surface area contributed by atoms with E-state index < -0.39 is 0 Å². The number of alkyl halides is 1. The van der Waals surface area contributed by atoms with E-state index >= 15 is 0 Å². The van der Waals surface area contributed by atoms with Gasteiger partial charge in [-0.2, -0.15) is 0 Å². The molecule has 0 atom stereocenters. The first kappa shape index (κ1) is 23.9. The van der Waals surface area contributed by atoms with Crippen molar-refractivity contribution < 1.29 is 9.53 Å². The molecule has 0 N–H and O–H groups in total. The van der Waals surface area contributed by atoms with Gasteiger partial charge in [0.2, 0.25) is 0 Å². The lowest BCUT2D eigenvalue weighted by atomic mass is 10.0.